The number of likely N-dealkylation sites (N-methyl/N-ethyl adjacent to an activating group) is 1. The minimum atomic E-state index is -0.416. The minimum absolute atomic E-state index is 0.0506. The van der Waals surface area contributed by atoms with E-state index in [1.165, 1.54) is 0 Å². The number of fused-ring (bicyclic) bond motifs is 3. The van der Waals surface area contributed by atoms with Gasteiger partial charge in [0.25, 0.3) is 0 Å². The molecule has 2 aromatic rings. The molecule has 0 saturated carbocycles. The van der Waals surface area contributed by atoms with Crippen LogP contribution in [0.2, 0.25) is 0 Å². The van der Waals surface area contributed by atoms with Gasteiger partial charge in [-0.05, 0) is 61.4 Å². The first-order chi connectivity index (χ1) is 13.7. The third-order valence-corrected chi connectivity index (χ3v) is 6.62. The Kier molecular flexibility index (Phi) is 4.43. The molecule has 1 aromatic heterocycles. The fourth-order valence-corrected chi connectivity index (χ4v) is 4.85. The van der Waals surface area contributed by atoms with Gasteiger partial charge in [0.15, 0.2) is 0 Å². The van der Waals surface area contributed by atoms with Gasteiger partial charge in [-0.1, -0.05) is 11.6 Å². The molecule has 2 amide bonds. The number of urea groups is 1. The van der Waals surface area contributed by atoms with Crippen molar-refractivity contribution in [2.75, 3.05) is 19.0 Å². The Bertz CT molecular complexity index is 1000. The minimum Gasteiger partial charge on any atom is -0.475 e. The number of halogens is 1. The molecular formula is C19H22FN5O2S. The van der Waals surface area contributed by atoms with Crippen molar-refractivity contribution in [3.8, 4) is 5.88 Å². The van der Waals surface area contributed by atoms with Gasteiger partial charge in [0.05, 0.1) is 23.7 Å². The van der Waals surface area contributed by atoms with Gasteiger partial charge in [0.2, 0.25) is 5.88 Å². The van der Waals surface area contributed by atoms with Gasteiger partial charge < -0.3 is 15.4 Å². The van der Waals surface area contributed by atoms with Gasteiger partial charge in [-0.3, -0.25) is 0 Å². The van der Waals surface area contributed by atoms with Crippen molar-refractivity contribution in [3.63, 3.8) is 0 Å². The molecule has 3 aliphatic rings. The second kappa shape index (κ2) is 6.97. The van der Waals surface area contributed by atoms with E-state index < -0.39 is 6.03 Å². The van der Waals surface area contributed by atoms with Gasteiger partial charge >= 0.3 is 6.03 Å². The first kappa shape index (κ1) is 17.8. The molecule has 1 aliphatic heterocycles. The summed E-state index contributed by atoms with van der Waals surface area (Å²) in [5, 5.41) is 10.4. The monoisotopic (exact) mass is 403 g/mol. The van der Waals surface area contributed by atoms with Crippen LogP contribution in [0.4, 0.5) is 14.9 Å². The zero-order valence-electron chi connectivity index (χ0n) is 15.6. The molecule has 7 nitrogen and oxygen atoms in total. The molecule has 0 fully saturated rings. The molecule has 1 aromatic carbocycles. The van der Waals surface area contributed by atoms with Crippen molar-refractivity contribution >= 4 is 23.3 Å². The van der Waals surface area contributed by atoms with Crippen LogP contribution in [0.15, 0.2) is 15.5 Å². The lowest BCUT2D eigenvalue weighted by Gasteiger charge is -2.26. The third kappa shape index (κ3) is 2.84. The third-order valence-electron chi connectivity index (χ3n) is 5.82. The summed E-state index contributed by atoms with van der Waals surface area (Å²) >= 11 is 0.488. The molecule has 9 heteroatoms. The van der Waals surface area contributed by atoms with Crippen LogP contribution in [0.3, 0.4) is 0 Å². The van der Waals surface area contributed by atoms with E-state index in [1.54, 1.807) is 10.9 Å². The van der Waals surface area contributed by atoms with Crippen molar-refractivity contribution in [1.29, 1.82) is 0 Å². The molecule has 2 heterocycles. The first-order valence-corrected chi connectivity index (χ1v) is 10.4. The zero-order valence-corrected chi connectivity index (χ0v) is 16.5. The molecule has 0 bridgehead atoms. The maximum Gasteiger partial charge on any atom is 0.351 e. The maximum absolute atomic E-state index is 14.5. The van der Waals surface area contributed by atoms with E-state index in [0.29, 0.717) is 24.0 Å². The van der Waals surface area contributed by atoms with Gasteiger partial charge in [-0.25, -0.2) is 13.9 Å². The van der Waals surface area contributed by atoms with E-state index in [0.717, 1.165) is 71.5 Å². The maximum atomic E-state index is 14.5. The van der Waals surface area contributed by atoms with Crippen molar-refractivity contribution in [1.82, 2.24) is 15.1 Å². The van der Waals surface area contributed by atoms with Crippen LogP contribution in [-0.4, -0.2) is 35.5 Å². The first-order valence-electron chi connectivity index (χ1n) is 9.59. The number of hydrogen-bond acceptors (Lipinski definition) is 4. The molecule has 0 saturated heterocycles. The molecule has 28 heavy (non-hydrogen) atoms. The fraction of sp³-hybridized carbons (Fsp3) is 0.474. The topological polar surface area (TPSA) is 80.5 Å². The van der Waals surface area contributed by atoms with Crippen LogP contribution in [-0.2, 0) is 43.8 Å². The van der Waals surface area contributed by atoms with E-state index in [-0.39, 0.29) is 11.9 Å². The van der Waals surface area contributed by atoms with Crippen LogP contribution in [0.25, 0.3) is 0 Å². The van der Waals surface area contributed by atoms with Crippen molar-refractivity contribution in [2.45, 2.75) is 49.6 Å². The molecule has 148 valence electrons. The number of nitrogens with one attached hydrogen (secondary N) is 2. The number of carbonyl (C=O) groups excluding carboxylic acids is 1. The van der Waals surface area contributed by atoms with E-state index >= 15 is 0 Å². The average Bonchev–Trinajstić information content (AvgIpc) is 3.30. The highest BCUT2D eigenvalue weighted by atomic mass is 32.1. The Labute approximate surface area is 165 Å². The quantitative estimate of drug-likeness (QED) is 0.687. The van der Waals surface area contributed by atoms with Crippen LogP contribution >= 0.6 is 0 Å². The standard InChI is InChI=1S/C19H22FN5O2S/c1-21-10-8-25-18(27-9-10)15(7-22-25)28-24-19(26)23-17-13-4-2-3-11(13)16(20)12-5-6-14(12)17/h7,10,21,28H,2-6,8-9H2,1H3,(H,23,26)/t10-/m0/s1. The summed E-state index contributed by atoms with van der Waals surface area (Å²) in [6.45, 7) is 1.28. The highest BCUT2D eigenvalue weighted by molar-refractivity contribution is 7.68. The summed E-state index contributed by atoms with van der Waals surface area (Å²) < 4.78 is 26.2. The number of benzene rings is 1. The second-order valence-corrected chi connectivity index (χ2v) is 8.28. The van der Waals surface area contributed by atoms with E-state index in [2.05, 4.69) is 20.1 Å². The molecule has 1 atom stereocenters. The number of ether oxygens (including phenoxy) is 1. The largest absolute Gasteiger partial charge is 0.475 e. The van der Waals surface area contributed by atoms with Crippen LogP contribution in [0, 0.1) is 5.82 Å². The highest BCUT2D eigenvalue weighted by Crippen LogP contribution is 2.42. The van der Waals surface area contributed by atoms with Crippen molar-refractivity contribution < 1.29 is 13.9 Å². The van der Waals surface area contributed by atoms with Gasteiger partial charge in [-0.2, -0.15) is 9.46 Å². The highest BCUT2D eigenvalue weighted by Gasteiger charge is 2.31. The SMILES string of the molecule is CN[C@@H]1COc2c([SH]=NC(=O)Nc3c4c(c(F)c5c3CC5)CCC4)cnn2C1. The number of anilines is 1. The molecule has 0 radical (unpaired) electrons. The van der Waals surface area contributed by atoms with Crippen LogP contribution in [0.5, 0.6) is 5.88 Å². The summed E-state index contributed by atoms with van der Waals surface area (Å²) in [6.07, 6.45) is 5.74. The van der Waals surface area contributed by atoms with Gasteiger partial charge in [-0.15, -0.1) is 0 Å². The summed E-state index contributed by atoms with van der Waals surface area (Å²) in [5.74, 6) is 0.613. The lowest BCUT2D eigenvalue weighted by atomic mass is 9.83. The number of carbonyl (C=O) groups is 1. The van der Waals surface area contributed by atoms with Crippen molar-refractivity contribution in [2.24, 2.45) is 4.36 Å². The Morgan fingerprint density at radius 1 is 1.29 bits per heavy atom. The number of rotatable bonds is 3. The summed E-state index contributed by atoms with van der Waals surface area (Å²) in [4.78, 5) is 13.3. The second-order valence-electron chi connectivity index (χ2n) is 7.40. The normalized spacial score (nSPS) is 19.9. The Hall–Kier alpha value is -2.26. The zero-order chi connectivity index (χ0) is 19.3. The predicted octanol–water partition coefficient (Wildman–Crippen LogP) is 2.18. The number of nitrogens with zero attached hydrogens (tertiary/aromatic N) is 3. The lowest BCUT2D eigenvalue weighted by molar-refractivity contribution is 0.184. The van der Waals surface area contributed by atoms with Crippen molar-refractivity contribution in [3.05, 3.63) is 34.3 Å². The lowest BCUT2D eigenvalue weighted by Crippen LogP contribution is -2.39. The number of hydrogen-bond donors (Lipinski definition) is 3. The van der Waals surface area contributed by atoms with Gasteiger partial charge in [0.1, 0.15) is 12.4 Å². The summed E-state index contributed by atoms with van der Waals surface area (Å²) in [6, 6.07) is -0.198. The Morgan fingerprint density at radius 3 is 2.82 bits per heavy atom. The molecule has 0 spiro atoms. The van der Waals surface area contributed by atoms with E-state index in [9.17, 15) is 9.18 Å². The van der Waals surface area contributed by atoms with Gasteiger partial charge in [0, 0.05) is 5.69 Å². The average molecular weight is 403 g/mol. The Balaban J connectivity index is 1.35. The predicted molar refractivity (Wildman–Crippen MR) is 105 cm³/mol. The molecule has 5 rings (SSSR count). The van der Waals surface area contributed by atoms with E-state index in [4.69, 9.17) is 4.74 Å². The van der Waals surface area contributed by atoms with Crippen LogP contribution < -0.4 is 15.4 Å². The van der Waals surface area contributed by atoms with E-state index in [1.807, 2.05) is 7.05 Å². The fourth-order valence-electron chi connectivity index (χ4n) is 4.23. The number of amides is 2. The smallest absolute Gasteiger partial charge is 0.351 e. The summed E-state index contributed by atoms with van der Waals surface area (Å²) in [7, 11) is 1.89. The summed E-state index contributed by atoms with van der Waals surface area (Å²) in [5.41, 5.74) is 4.25. The molecule has 2 aliphatic carbocycles. The Morgan fingerprint density at radius 2 is 2.04 bits per heavy atom. The number of aromatic nitrogens is 2. The number of thiol groups is 1. The molecular weight excluding hydrogens is 381 g/mol. The molecule has 2 N–H and O–H groups in total. The molecule has 0 unspecified atom stereocenters. The van der Waals surface area contributed by atoms with Crippen LogP contribution in [0.1, 0.15) is 28.7 Å².